The molecule has 0 spiro atoms. The lowest BCUT2D eigenvalue weighted by atomic mass is 9.67. The van der Waals surface area contributed by atoms with Crippen LogP contribution >= 0.6 is 0 Å². The Morgan fingerprint density at radius 1 is 0.246 bits per heavy atom. The maximum absolute atomic E-state index is 5.16. The lowest BCUT2D eigenvalue weighted by molar-refractivity contribution is 0.768. The van der Waals surface area contributed by atoms with Crippen molar-refractivity contribution in [3.05, 3.63) is 277 Å². The van der Waals surface area contributed by atoms with Gasteiger partial charge in [-0.2, -0.15) is 0 Å². The summed E-state index contributed by atoms with van der Waals surface area (Å²) in [6, 6.07) is 91.9. The Kier molecular flexibility index (Phi) is 9.43. The topological polar surface area (TPSA) is 25.8 Å². The molecule has 0 saturated carbocycles. The molecule has 65 heavy (non-hydrogen) atoms. The zero-order valence-electron chi connectivity index (χ0n) is 35.6. The van der Waals surface area contributed by atoms with Crippen LogP contribution in [0.5, 0.6) is 0 Å². The lowest BCUT2D eigenvalue weighted by Crippen LogP contribution is -2.28. The summed E-state index contributed by atoms with van der Waals surface area (Å²) in [5.41, 5.74) is 19.5. The van der Waals surface area contributed by atoms with Gasteiger partial charge in [0.1, 0.15) is 0 Å². The van der Waals surface area contributed by atoms with E-state index in [9.17, 15) is 0 Å². The van der Waals surface area contributed by atoms with Gasteiger partial charge in [0.15, 0.2) is 5.82 Å². The third-order valence-corrected chi connectivity index (χ3v) is 13.2. The molecule has 0 saturated heterocycles. The molecule has 2 nitrogen and oxygen atoms in total. The van der Waals surface area contributed by atoms with Crippen molar-refractivity contribution in [2.45, 2.75) is 5.41 Å². The van der Waals surface area contributed by atoms with Crippen molar-refractivity contribution in [3.63, 3.8) is 0 Å². The molecule has 304 valence electrons. The van der Waals surface area contributed by atoms with Gasteiger partial charge in [-0.15, -0.1) is 0 Å². The van der Waals surface area contributed by atoms with Crippen LogP contribution in [-0.2, 0) is 5.41 Å². The van der Waals surface area contributed by atoms with E-state index >= 15 is 0 Å². The summed E-state index contributed by atoms with van der Waals surface area (Å²) in [4.78, 5) is 10.2. The number of fused-ring (bicyclic) bond motifs is 4. The van der Waals surface area contributed by atoms with Gasteiger partial charge in [-0.25, -0.2) is 9.97 Å². The van der Waals surface area contributed by atoms with Crippen LogP contribution in [0.4, 0.5) is 0 Å². The van der Waals surface area contributed by atoms with E-state index in [4.69, 9.17) is 9.97 Å². The first-order valence-corrected chi connectivity index (χ1v) is 22.3. The molecule has 12 rings (SSSR count). The van der Waals surface area contributed by atoms with Crippen LogP contribution in [0.1, 0.15) is 22.3 Å². The Bertz CT molecular complexity index is 3390. The van der Waals surface area contributed by atoms with Gasteiger partial charge in [-0.1, -0.05) is 243 Å². The number of hydrogen-bond acceptors (Lipinski definition) is 2. The summed E-state index contributed by atoms with van der Waals surface area (Å²) in [7, 11) is 0. The Morgan fingerprint density at radius 3 is 1.32 bits per heavy atom. The predicted octanol–water partition coefficient (Wildman–Crippen LogP) is 16.0. The molecule has 10 aromatic carbocycles. The Hall–Kier alpha value is -8.46. The molecule has 1 aliphatic carbocycles. The van der Waals surface area contributed by atoms with Gasteiger partial charge in [0.25, 0.3) is 0 Å². The summed E-state index contributed by atoms with van der Waals surface area (Å²) in [5, 5.41) is 2.34. The summed E-state index contributed by atoms with van der Waals surface area (Å²) in [6.07, 6.45) is 0. The minimum absolute atomic E-state index is 0.396. The first-order chi connectivity index (χ1) is 32.2. The Balaban J connectivity index is 0.865. The van der Waals surface area contributed by atoms with E-state index in [0.717, 1.165) is 33.5 Å². The first kappa shape index (κ1) is 38.2. The molecule has 0 bridgehead atoms. The highest BCUT2D eigenvalue weighted by atomic mass is 14.9. The van der Waals surface area contributed by atoms with Gasteiger partial charge in [-0.05, 0) is 89.7 Å². The van der Waals surface area contributed by atoms with Crippen LogP contribution in [0, 0.1) is 0 Å². The maximum Gasteiger partial charge on any atom is 0.160 e. The molecule has 0 radical (unpaired) electrons. The molecule has 0 N–H and O–H groups in total. The van der Waals surface area contributed by atoms with E-state index in [-0.39, 0.29) is 0 Å². The molecule has 0 aliphatic heterocycles. The van der Waals surface area contributed by atoms with Crippen LogP contribution in [0.25, 0.3) is 89.2 Å². The average molecular weight is 827 g/mol. The molecule has 0 unspecified atom stereocenters. The Morgan fingerprint density at radius 2 is 0.692 bits per heavy atom. The number of nitrogens with zero attached hydrogens (tertiary/aromatic N) is 2. The van der Waals surface area contributed by atoms with E-state index < -0.39 is 5.41 Å². The highest BCUT2D eigenvalue weighted by molar-refractivity contribution is 6.05. The smallest absolute Gasteiger partial charge is 0.160 e. The van der Waals surface area contributed by atoms with E-state index in [1.165, 1.54) is 72.1 Å². The average Bonchev–Trinajstić information content (AvgIpc) is 3.70. The van der Waals surface area contributed by atoms with E-state index in [2.05, 4.69) is 231 Å². The Labute approximate surface area is 379 Å². The van der Waals surface area contributed by atoms with Crippen molar-refractivity contribution in [2.75, 3.05) is 0 Å². The minimum Gasteiger partial charge on any atom is -0.228 e. The molecular formula is C63H42N2. The quantitative estimate of drug-likeness (QED) is 0.152. The van der Waals surface area contributed by atoms with Crippen molar-refractivity contribution >= 4 is 10.8 Å². The first-order valence-electron chi connectivity index (χ1n) is 22.3. The van der Waals surface area contributed by atoms with Crippen LogP contribution in [0.2, 0.25) is 0 Å². The van der Waals surface area contributed by atoms with Crippen molar-refractivity contribution < 1.29 is 0 Å². The fourth-order valence-corrected chi connectivity index (χ4v) is 10.2. The molecular weight excluding hydrogens is 785 g/mol. The summed E-state index contributed by atoms with van der Waals surface area (Å²) >= 11 is 0. The lowest BCUT2D eigenvalue weighted by Gasteiger charge is -2.33. The largest absolute Gasteiger partial charge is 0.228 e. The highest BCUT2D eigenvalue weighted by Crippen LogP contribution is 2.56. The molecule has 1 aromatic heterocycles. The second-order valence-electron chi connectivity index (χ2n) is 16.8. The van der Waals surface area contributed by atoms with E-state index in [0.29, 0.717) is 5.82 Å². The number of aromatic nitrogens is 2. The number of benzene rings is 10. The van der Waals surface area contributed by atoms with Crippen LogP contribution < -0.4 is 0 Å². The van der Waals surface area contributed by atoms with Crippen LogP contribution in [-0.4, -0.2) is 9.97 Å². The molecule has 11 aromatic rings. The second-order valence-corrected chi connectivity index (χ2v) is 16.8. The zero-order chi connectivity index (χ0) is 43.2. The van der Waals surface area contributed by atoms with Gasteiger partial charge in [-0.3, -0.25) is 0 Å². The molecule has 0 fully saturated rings. The van der Waals surface area contributed by atoms with Gasteiger partial charge >= 0.3 is 0 Å². The summed E-state index contributed by atoms with van der Waals surface area (Å²) in [5.74, 6) is 0.713. The summed E-state index contributed by atoms with van der Waals surface area (Å²) in [6.45, 7) is 0. The van der Waals surface area contributed by atoms with E-state index in [1.54, 1.807) is 0 Å². The van der Waals surface area contributed by atoms with Crippen molar-refractivity contribution in [1.82, 2.24) is 9.97 Å². The monoisotopic (exact) mass is 826 g/mol. The van der Waals surface area contributed by atoms with Gasteiger partial charge < -0.3 is 0 Å². The number of hydrogen-bond donors (Lipinski definition) is 0. The standard InChI is InChI=1S/C63H42N2/c1-5-17-47(18-6-1)60-42-61(65-62(64-60)48-19-7-2-8-20-48)56-39-38-52(53-25-13-14-26-54(53)56)46-35-33-44(34-36-46)43-29-31-45(32-30-43)49-37-40-59-57(41-49)55-27-15-16-28-58(55)63(59,50-21-9-3-10-22-50)51-23-11-4-12-24-51/h1-42H. The molecule has 1 aliphatic rings. The third-order valence-electron chi connectivity index (χ3n) is 13.2. The van der Waals surface area contributed by atoms with Crippen LogP contribution in [0.15, 0.2) is 255 Å². The SMILES string of the molecule is c1ccc(-c2cc(-c3ccc(-c4ccc(-c5ccc(-c6ccc7c(c6)-c6ccccc6C7(c6ccccc6)c6ccccc6)cc5)cc4)c4ccccc34)nc(-c3ccccc3)n2)cc1. The van der Waals surface area contributed by atoms with Crippen molar-refractivity contribution in [2.24, 2.45) is 0 Å². The zero-order valence-corrected chi connectivity index (χ0v) is 35.6. The predicted molar refractivity (Wildman–Crippen MR) is 269 cm³/mol. The fraction of sp³-hybridized carbons (Fsp3) is 0.0159. The van der Waals surface area contributed by atoms with E-state index in [1.807, 2.05) is 24.3 Å². The van der Waals surface area contributed by atoms with Crippen molar-refractivity contribution in [3.8, 4) is 78.4 Å². The second kappa shape index (κ2) is 16.0. The minimum atomic E-state index is -0.396. The fourth-order valence-electron chi connectivity index (χ4n) is 10.2. The maximum atomic E-state index is 5.16. The van der Waals surface area contributed by atoms with Gasteiger partial charge in [0.05, 0.1) is 16.8 Å². The molecule has 0 atom stereocenters. The third kappa shape index (κ3) is 6.58. The van der Waals surface area contributed by atoms with Crippen LogP contribution in [0.3, 0.4) is 0 Å². The number of rotatable bonds is 8. The molecule has 2 heteroatoms. The van der Waals surface area contributed by atoms with Gasteiger partial charge in [0, 0.05) is 16.7 Å². The molecule has 1 heterocycles. The normalized spacial score (nSPS) is 12.4. The molecule has 0 amide bonds. The van der Waals surface area contributed by atoms with Crippen molar-refractivity contribution in [1.29, 1.82) is 0 Å². The summed E-state index contributed by atoms with van der Waals surface area (Å²) < 4.78 is 0. The highest BCUT2D eigenvalue weighted by Gasteiger charge is 2.45. The van der Waals surface area contributed by atoms with Gasteiger partial charge in [0.2, 0.25) is 0 Å².